The Morgan fingerprint density at radius 2 is 2.04 bits per heavy atom. The number of hydrogen-bond donors (Lipinski definition) is 1. The van der Waals surface area contributed by atoms with Crippen molar-refractivity contribution in [2.75, 3.05) is 19.6 Å². The normalized spacial score (nSPS) is 19.9. The molecule has 2 rings (SSSR count). The van der Waals surface area contributed by atoms with Gasteiger partial charge in [0.05, 0.1) is 0 Å². The van der Waals surface area contributed by atoms with E-state index >= 15 is 0 Å². The highest BCUT2D eigenvalue weighted by Crippen LogP contribution is 2.31. The van der Waals surface area contributed by atoms with E-state index in [1.807, 2.05) is 6.07 Å². The average molecular weight is 387 g/mol. The second-order valence-electron chi connectivity index (χ2n) is 6.50. The molecule has 1 aliphatic rings. The molecule has 1 amide bonds. The lowest BCUT2D eigenvalue weighted by Crippen LogP contribution is -2.42. The Kier molecular flexibility index (Phi) is 7.11. The maximum atomic E-state index is 11.8. The lowest BCUT2D eigenvalue weighted by Gasteiger charge is -2.30. The molecular weight excluding hydrogens is 363 g/mol. The first kappa shape index (κ1) is 20.0. The van der Waals surface area contributed by atoms with E-state index in [-0.39, 0.29) is 24.5 Å². The van der Waals surface area contributed by atoms with Crippen LogP contribution in [0.15, 0.2) is 18.2 Å². The fourth-order valence-corrected chi connectivity index (χ4v) is 3.93. The molecule has 0 aromatic heterocycles. The number of carboxylic acid groups (broad SMARTS) is 1. The summed E-state index contributed by atoms with van der Waals surface area (Å²) in [6, 6.07) is 5.54. The third-order valence-corrected chi connectivity index (χ3v) is 5.42. The maximum absolute atomic E-state index is 11.8. The van der Waals surface area contributed by atoms with E-state index < -0.39 is 5.97 Å². The Balaban J connectivity index is 2.08. The third kappa shape index (κ3) is 5.33. The second-order valence-corrected chi connectivity index (χ2v) is 7.35. The van der Waals surface area contributed by atoms with Crippen molar-refractivity contribution in [2.24, 2.45) is 0 Å². The van der Waals surface area contributed by atoms with Crippen molar-refractivity contribution in [2.45, 2.75) is 45.2 Å². The minimum atomic E-state index is -0.976. The van der Waals surface area contributed by atoms with Crippen LogP contribution in [0.5, 0.6) is 0 Å². The number of carboxylic acids is 1. The number of hydrogen-bond acceptors (Lipinski definition) is 3. The molecule has 1 aromatic carbocycles. The van der Waals surface area contributed by atoms with Crippen molar-refractivity contribution < 1.29 is 14.7 Å². The van der Waals surface area contributed by atoms with Gasteiger partial charge in [0.25, 0.3) is 0 Å². The summed E-state index contributed by atoms with van der Waals surface area (Å²) < 4.78 is 0. The monoisotopic (exact) mass is 386 g/mol. The van der Waals surface area contributed by atoms with Gasteiger partial charge in [-0.15, -0.1) is 0 Å². The number of nitrogens with zero attached hydrogens (tertiary/aromatic N) is 2. The molecule has 1 aliphatic heterocycles. The molecule has 0 bridgehead atoms. The van der Waals surface area contributed by atoms with Gasteiger partial charge in [-0.3, -0.25) is 14.5 Å². The Hall–Kier alpha value is -1.30. The smallest absolute Gasteiger partial charge is 0.323 e. The van der Waals surface area contributed by atoms with Crippen molar-refractivity contribution in [1.29, 1.82) is 0 Å². The van der Waals surface area contributed by atoms with E-state index in [2.05, 4.69) is 11.8 Å². The Morgan fingerprint density at radius 3 is 2.68 bits per heavy atom. The van der Waals surface area contributed by atoms with Gasteiger partial charge in [-0.2, -0.15) is 0 Å². The molecule has 1 saturated heterocycles. The first-order chi connectivity index (χ1) is 11.8. The van der Waals surface area contributed by atoms with Crippen molar-refractivity contribution in [3.05, 3.63) is 33.8 Å². The summed E-state index contributed by atoms with van der Waals surface area (Å²) in [6.07, 6.45) is 2.45. The molecule has 0 saturated carbocycles. The minimum absolute atomic E-state index is 0.0411. The van der Waals surface area contributed by atoms with Gasteiger partial charge in [0, 0.05) is 35.6 Å². The van der Waals surface area contributed by atoms with Crippen LogP contribution in [-0.2, 0) is 9.59 Å². The number of carbonyl (C=O) groups is 2. The van der Waals surface area contributed by atoms with Gasteiger partial charge in [0.15, 0.2) is 0 Å². The SMILES string of the molecule is CC(=O)N(CC(=O)O)C1CCCN(C(C)c2cc(Cl)ccc2Cl)CC1. The Morgan fingerprint density at radius 1 is 1.32 bits per heavy atom. The van der Waals surface area contributed by atoms with Gasteiger partial charge in [-0.25, -0.2) is 0 Å². The molecule has 1 N–H and O–H groups in total. The van der Waals surface area contributed by atoms with E-state index in [0.717, 1.165) is 37.9 Å². The lowest BCUT2D eigenvalue weighted by molar-refractivity contribution is -0.145. The van der Waals surface area contributed by atoms with E-state index in [4.69, 9.17) is 28.3 Å². The van der Waals surface area contributed by atoms with E-state index in [9.17, 15) is 9.59 Å². The lowest BCUT2D eigenvalue weighted by atomic mass is 10.1. The average Bonchev–Trinajstić information content (AvgIpc) is 2.79. The molecule has 1 heterocycles. The summed E-state index contributed by atoms with van der Waals surface area (Å²) >= 11 is 12.4. The first-order valence-electron chi connectivity index (χ1n) is 8.47. The molecule has 138 valence electrons. The molecule has 0 aliphatic carbocycles. The molecule has 2 atom stereocenters. The van der Waals surface area contributed by atoms with Crippen LogP contribution in [0.25, 0.3) is 0 Å². The Bertz CT molecular complexity index is 639. The predicted octanol–water partition coefficient (Wildman–Crippen LogP) is 3.84. The van der Waals surface area contributed by atoms with E-state index in [1.54, 1.807) is 12.1 Å². The van der Waals surface area contributed by atoms with Gasteiger partial charge >= 0.3 is 5.97 Å². The molecule has 0 radical (unpaired) electrons. The number of carbonyl (C=O) groups excluding carboxylic acids is 1. The van der Waals surface area contributed by atoms with Crippen LogP contribution in [0, 0.1) is 0 Å². The zero-order valence-electron chi connectivity index (χ0n) is 14.5. The van der Waals surface area contributed by atoms with Crippen molar-refractivity contribution in [3.63, 3.8) is 0 Å². The highest BCUT2D eigenvalue weighted by Gasteiger charge is 2.28. The zero-order chi connectivity index (χ0) is 18.6. The molecule has 1 fully saturated rings. The van der Waals surface area contributed by atoms with Crippen LogP contribution >= 0.6 is 23.2 Å². The molecule has 2 unspecified atom stereocenters. The summed E-state index contributed by atoms with van der Waals surface area (Å²) in [5.74, 6) is -1.16. The maximum Gasteiger partial charge on any atom is 0.323 e. The van der Waals surface area contributed by atoms with Crippen molar-refractivity contribution in [1.82, 2.24) is 9.80 Å². The van der Waals surface area contributed by atoms with Gasteiger partial charge < -0.3 is 10.0 Å². The molecule has 5 nitrogen and oxygen atoms in total. The number of rotatable bonds is 5. The summed E-state index contributed by atoms with van der Waals surface area (Å²) in [7, 11) is 0. The van der Waals surface area contributed by atoms with Gasteiger partial charge in [0.2, 0.25) is 5.91 Å². The summed E-state index contributed by atoms with van der Waals surface area (Å²) in [5, 5.41) is 10.4. The topological polar surface area (TPSA) is 60.9 Å². The largest absolute Gasteiger partial charge is 0.480 e. The molecule has 25 heavy (non-hydrogen) atoms. The number of likely N-dealkylation sites (tertiary alicyclic amines) is 1. The molecular formula is C18H24Cl2N2O3. The fourth-order valence-electron chi connectivity index (χ4n) is 3.47. The quantitative estimate of drug-likeness (QED) is 0.834. The summed E-state index contributed by atoms with van der Waals surface area (Å²) in [6.45, 7) is 4.94. The van der Waals surface area contributed by atoms with E-state index in [1.165, 1.54) is 11.8 Å². The standard InChI is InChI=1S/C18H24Cl2N2O3/c1-12(16-10-14(19)5-6-17(16)20)21-8-3-4-15(7-9-21)22(13(2)23)11-18(24)25/h5-6,10,12,15H,3-4,7-9,11H2,1-2H3,(H,24,25). The summed E-state index contributed by atoms with van der Waals surface area (Å²) in [4.78, 5) is 26.7. The predicted molar refractivity (Wildman–Crippen MR) is 99.1 cm³/mol. The summed E-state index contributed by atoms with van der Waals surface area (Å²) in [5.41, 5.74) is 0.988. The minimum Gasteiger partial charge on any atom is -0.480 e. The van der Waals surface area contributed by atoms with Crippen LogP contribution in [-0.4, -0.2) is 52.5 Å². The van der Waals surface area contributed by atoms with Gasteiger partial charge in [0.1, 0.15) is 6.54 Å². The number of benzene rings is 1. The molecule has 7 heteroatoms. The number of halogens is 2. The molecule has 0 spiro atoms. The second kappa shape index (κ2) is 8.88. The Labute approximate surface area is 158 Å². The van der Waals surface area contributed by atoms with Crippen molar-refractivity contribution >= 4 is 35.1 Å². The highest BCUT2D eigenvalue weighted by atomic mass is 35.5. The molecule has 1 aromatic rings. The van der Waals surface area contributed by atoms with Gasteiger partial charge in [-0.05, 0) is 56.5 Å². The van der Waals surface area contributed by atoms with E-state index in [0.29, 0.717) is 10.0 Å². The van der Waals surface area contributed by atoms with Crippen LogP contribution < -0.4 is 0 Å². The van der Waals surface area contributed by atoms with Crippen LogP contribution in [0.2, 0.25) is 10.0 Å². The number of aliphatic carboxylic acids is 1. The fraction of sp³-hybridized carbons (Fsp3) is 0.556. The number of amides is 1. The van der Waals surface area contributed by atoms with Crippen LogP contribution in [0.3, 0.4) is 0 Å². The van der Waals surface area contributed by atoms with Crippen LogP contribution in [0.4, 0.5) is 0 Å². The highest BCUT2D eigenvalue weighted by molar-refractivity contribution is 6.33. The third-order valence-electron chi connectivity index (χ3n) is 4.84. The zero-order valence-corrected chi connectivity index (χ0v) is 16.1. The van der Waals surface area contributed by atoms with Gasteiger partial charge in [-0.1, -0.05) is 23.2 Å². The first-order valence-corrected chi connectivity index (χ1v) is 9.23. The van der Waals surface area contributed by atoms with Crippen LogP contribution in [0.1, 0.15) is 44.7 Å². The van der Waals surface area contributed by atoms with Crippen molar-refractivity contribution in [3.8, 4) is 0 Å².